The Morgan fingerprint density at radius 3 is 2.57 bits per heavy atom. The minimum absolute atomic E-state index is 0. The lowest BCUT2D eigenvalue weighted by Crippen LogP contribution is -2.49. The van der Waals surface area contributed by atoms with Gasteiger partial charge >= 0.3 is 0 Å². The zero-order chi connectivity index (χ0) is 14.8. The number of carbonyl (C=O) groups excluding carboxylic acids is 1. The first kappa shape index (κ1) is 20.4. The number of amides is 1. The van der Waals surface area contributed by atoms with Crippen LogP contribution in [0.2, 0.25) is 0 Å². The summed E-state index contributed by atoms with van der Waals surface area (Å²) in [5.74, 6) is 0.137. The topological polar surface area (TPSA) is 55.1 Å². The number of thiophene rings is 1. The Hall–Kier alpha value is -0.580. The van der Waals surface area contributed by atoms with Crippen molar-refractivity contribution in [3.8, 4) is 0 Å². The summed E-state index contributed by atoms with van der Waals surface area (Å²) in [6.45, 7) is 4.73. The highest BCUT2D eigenvalue weighted by molar-refractivity contribution is 7.09. The minimum Gasteiger partial charge on any atom is -0.354 e. The molecule has 0 atom stereocenters. The summed E-state index contributed by atoms with van der Waals surface area (Å²) in [6, 6.07) is 4.27. The molecule has 1 amide bonds. The molecule has 1 rings (SSSR count). The molecular formula is C16H29ClN2OS. The molecule has 0 aliphatic rings. The second-order valence-electron chi connectivity index (χ2n) is 5.49. The first-order valence-corrected chi connectivity index (χ1v) is 8.55. The summed E-state index contributed by atoms with van der Waals surface area (Å²) >= 11 is 1.81. The lowest BCUT2D eigenvalue weighted by molar-refractivity contribution is -0.121. The van der Waals surface area contributed by atoms with Crippen molar-refractivity contribution in [1.82, 2.24) is 5.32 Å². The average molecular weight is 333 g/mol. The van der Waals surface area contributed by atoms with E-state index in [1.807, 2.05) is 11.3 Å². The predicted molar refractivity (Wildman–Crippen MR) is 94.2 cm³/mol. The Bertz CT molecular complexity index is 378. The van der Waals surface area contributed by atoms with Crippen molar-refractivity contribution >= 4 is 29.7 Å². The number of hydrogen-bond donors (Lipinski definition) is 2. The fraction of sp³-hybridized carbons (Fsp3) is 0.688. The highest BCUT2D eigenvalue weighted by Gasteiger charge is 2.20. The summed E-state index contributed by atoms with van der Waals surface area (Å²) in [7, 11) is 0. The van der Waals surface area contributed by atoms with E-state index in [2.05, 4.69) is 36.7 Å². The normalized spacial score (nSPS) is 11.0. The molecule has 3 N–H and O–H groups in total. The molecule has 0 aliphatic carbocycles. The van der Waals surface area contributed by atoms with Crippen molar-refractivity contribution in [2.75, 3.05) is 6.54 Å². The summed E-state index contributed by atoms with van der Waals surface area (Å²) in [5, 5.41) is 5.08. The molecule has 0 fully saturated rings. The van der Waals surface area contributed by atoms with Crippen LogP contribution in [-0.2, 0) is 11.2 Å². The predicted octanol–water partition coefficient (Wildman–Crippen LogP) is 3.91. The molecule has 1 heterocycles. The summed E-state index contributed by atoms with van der Waals surface area (Å²) in [6.07, 6.45) is 6.78. The molecule has 3 nitrogen and oxygen atoms in total. The fourth-order valence-electron chi connectivity index (χ4n) is 2.08. The number of nitrogens with two attached hydrogens (primary N) is 1. The van der Waals surface area contributed by atoms with Gasteiger partial charge in [-0.05, 0) is 43.6 Å². The van der Waals surface area contributed by atoms with Crippen LogP contribution in [0, 0.1) is 0 Å². The van der Waals surface area contributed by atoms with Crippen LogP contribution in [0.3, 0.4) is 0 Å². The van der Waals surface area contributed by atoms with Gasteiger partial charge in [0.2, 0.25) is 5.91 Å². The smallest absolute Gasteiger partial charge is 0.220 e. The van der Waals surface area contributed by atoms with E-state index in [0.29, 0.717) is 13.0 Å². The maximum Gasteiger partial charge on any atom is 0.220 e. The number of aryl methyl sites for hydroxylation is 1. The van der Waals surface area contributed by atoms with Gasteiger partial charge in [0, 0.05) is 23.4 Å². The molecular weight excluding hydrogens is 304 g/mol. The fourth-order valence-corrected chi connectivity index (χ4v) is 2.83. The van der Waals surface area contributed by atoms with Crippen molar-refractivity contribution in [2.45, 2.75) is 64.3 Å². The molecule has 122 valence electrons. The summed E-state index contributed by atoms with van der Waals surface area (Å²) in [4.78, 5) is 13.2. The van der Waals surface area contributed by atoms with Gasteiger partial charge in [-0.15, -0.1) is 23.7 Å². The third-order valence-corrected chi connectivity index (χ3v) is 4.89. The van der Waals surface area contributed by atoms with Crippen molar-refractivity contribution in [1.29, 1.82) is 0 Å². The lowest BCUT2D eigenvalue weighted by atomic mass is 9.94. The number of rotatable bonds is 10. The van der Waals surface area contributed by atoms with Gasteiger partial charge in [-0.25, -0.2) is 0 Å². The molecule has 0 spiro atoms. The van der Waals surface area contributed by atoms with Crippen LogP contribution in [0.15, 0.2) is 17.5 Å². The Balaban J connectivity index is 0.00000400. The van der Waals surface area contributed by atoms with Crippen LogP contribution in [0.1, 0.15) is 57.2 Å². The Morgan fingerprint density at radius 1 is 1.29 bits per heavy atom. The maximum atomic E-state index is 11.7. The van der Waals surface area contributed by atoms with Gasteiger partial charge in [0.05, 0.1) is 0 Å². The van der Waals surface area contributed by atoms with E-state index < -0.39 is 0 Å². The van der Waals surface area contributed by atoms with E-state index in [9.17, 15) is 4.79 Å². The molecule has 0 unspecified atom stereocenters. The van der Waals surface area contributed by atoms with Crippen LogP contribution in [0.5, 0.6) is 0 Å². The first-order chi connectivity index (χ1) is 9.59. The molecule has 1 aromatic rings. The molecule has 21 heavy (non-hydrogen) atoms. The summed E-state index contributed by atoms with van der Waals surface area (Å²) in [5.41, 5.74) is 5.92. The van der Waals surface area contributed by atoms with Gasteiger partial charge < -0.3 is 11.1 Å². The molecule has 0 saturated carbocycles. The van der Waals surface area contributed by atoms with Crippen molar-refractivity contribution in [2.24, 2.45) is 5.73 Å². The van der Waals surface area contributed by atoms with Gasteiger partial charge in [0.1, 0.15) is 0 Å². The molecule has 0 aliphatic heterocycles. The average Bonchev–Trinajstić information content (AvgIpc) is 2.97. The van der Waals surface area contributed by atoms with Gasteiger partial charge in [0.15, 0.2) is 0 Å². The van der Waals surface area contributed by atoms with Gasteiger partial charge in [-0.2, -0.15) is 0 Å². The van der Waals surface area contributed by atoms with E-state index in [1.54, 1.807) is 0 Å². The van der Waals surface area contributed by atoms with Crippen molar-refractivity contribution in [3.05, 3.63) is 22.4 Å². The monoisotopic (exact) mass is 332 g/mol. The Kier molecular flexibility index (Phi) is 10.7. The van der Waals surface area contributed by atoms with Gasteiger partial charge in [-0.3, -0.25) is 4.79 Å². The number of carbonyl (C=O) groups is 1. The van der Waals surface area contributed by atoms with Crippen LogP contribution < -0.4 is 11.1 Å². The zero-order valence-electron chi connectivity index (χ0n) is 13.2. The summed E-state index contributed by atoms with van der Waals surface area (Å²) < 4.78 is 0. The van der Waals surface area contributed by atoms with Crippen molar-refractivity contribution < 1.29 is 4.79 Å². The molecule has 0 aromatic carbocycles. The number of unbranched alkanes of at least 4 members (excludes halogenated alkanes) is 2. The van der Waals surface area contributed by atoms with E-state index in [1.165, 1.54) is 11.3 Å². The highest BCUT2D eigenvalue weighted by Crippen LogP contribution is 2.13. The third-order valence-electron chi connectivity index (χ3n) is 3.95. The van der Waals surface area contributed by atoms with E-state index >= 15 is 0 Å². The van der Waals surface area contributed by atoms with Crippen LogP contribution in [-0.4, -0.2) is 18.0 Å². The van der Waals surface area contributed by atoms with E-state index in [-0.39, 0.29) is 23.9 Å². The minimum atomic E-state index is -0.241. The number of hydrogen-bond acceptors (Lipinski definition) is 3. The van der Waals surface area contributed by atoms with Crippen LogP contribution >= 0.6 is 23.7 Å². The lowest BCUT2D eigenvalue weighted by Gasteiger charge is -2.26. The SMILES string of the molecule is CCC(N)(CC)CNC(=O)CCCCCc1cccs1.Cl. The molecule has 1 aromatic heterocycles. The standard InChI is InChI=1S/C16H28N2OS.ClH/c1-3-16(17,4-2)13-18-15(19)11-7-5-6-9-14-10-8-12-20-14;/h8,10,12H,3-7,9,11,13,17H2,1-2H3,(H,18,19);1H. The van der Waals surface area contributed by atoms with Crippen molar-refractivity contribution in [3.63, 3.8) is 0 Å². The molecule has 5 heteroatoms. The second-order valence-corrected chi connectivity index (χ2v) is 6.52. The maximum absolute atomic E-state index is 11.7. The highest BCUT2D eigenvalue weighted by atomic mass is 35.5. The van der Waals surface area contributed by atoms with Gasteiger partial charge in [-0.1, -0.05) is 26.3 Å². The second kappa shape index (κ2) is 11.0. The van der Waals surface area contributed by atoms with Crippen LogP contribution in [0.4, 0.5) is 0 Å². The van der Waals surface area contributed by atoms with E-state index in [0.717, 1.165) is 32.1 Å². The first-order valence-electron chi connectivity index (χ1n) is 7.67. The third kappa shape index (κ3) is 8.44. The van der Waals surface area contributed by atoms with Gasteiger partial charge in [0.25, 0.3) is 0 Å². The Labute approximate surface area is 139 Å². The molecule has 0 radical (unpaired) electrons. The number of halogens is 1. The number of nitrogens with one attached hydrogen (secondary N) is 1. The van der Waals surface area contributed by atoms with E-state index in [4.69, 9.17) is 5.73 Å². The molecule has 0 bridgehead atoms. The Morgan fingerprint density at radius 2 is 2.00 bits per heavy atom. The van der Waals surface area contributed by atoms with Crippen LogP contribution in [0.25, 0.3) is 0 Å². The molecule has 0 saturated heterocycles. The largest absolute Gasteiger partial charge is 0.354 e. The zero-order valence-corrected chi connectivity index (χ0v) is 14.8. The quantitative estimate of drug-likeness (QED) is 0.638.